The molecule has 0 aliphatic carbocycles. The third-order valence-electron chi connectivity index (χ3n) is 3.66. The zero-order valence-electron chi connectivity index (χ0n) is 12.4. The molecule has 7 heteroatoms. The molecule has 0 saturated carbocycles. The van der Waals surface area contributed by atoms with Gasteiger partial charge in [-0.15, -0.1) is 12.4 Å². The van der Waals surface area contributed by atoms with E-state index in [-0.39, 0.29) is 29.1 Å². The van der Waals surface area contributed by atoms with Crippen LogP contribution in [0, 0.1) is 12.8 Å². The van der Waals surface area contributed by atoms with E-state index in [0.29, 0.717) is 19.5 Å². The molecule has 1 aromatic rings. The molecule has 0 aromatic carbocycles. The van der Waals surface area contributed by atoms with Gasteiger partial charge in [-0.25, -0.2) is 0 Å². The minimum Gasteiger partial charge on any atom is -0.349 e. The fourth-order valence-corrected chi connectivity index (χ4v) is 2.46. The average Bonchev–Trinajstić information content (AvgIpc) is 2.66. The summed E-state index contributed by atoms with van der Waals surface area (Å²) >= 11 is 1.16. The first-order chi connectivity index (χ1) is 8.80. The second-order valence-electron chi connectivity index (χ2n) is 5.37. The monoisotopic (exact) mass is 321 g/mol. The Morgan fingerprint density at radius 3 is 2.55 bits per heavy atom. The van der Waals surface area contributed by atoms with Gasteiger partial charge in [-0.2, -0.15) is 0 Å². The number of halogens is 1. The summed E-state index contributed by atoms with van der Waals surface area (Å²) in [4.78, 5) is 23.5. The van der Waals surface area contributed by atoms with E-state index in [1.54, 1.807) is 9.95 Å². The first-order valence-electron chi connectivity index (χ1n) is 6.46. The van der Waals surface area contributed by atoms with E-state index in [0.717, 1.165) is 17.0 Å². The van der Waals surface area contributed by atoms with Crippen molar-refractivity contribution < 1.29 is 4.79 Å². The van der Waals surface area contributed by atoms with Crippen molar-refractivity contribution in [3.05, 3.63) is 20.7 Å². The van der Waals surface area contributed by atoms with Crippen LogP contribution in [0.15, 0.2) is 10.2 Å². The van der Waals surface area contributed by atoms with Gasteiger partial charge < -0.3 is 15.6 Å². The van der Waals surface area contributed by atoms with Gasteiger partial charge in [-0.1, -0.05) is 25.2 Å². The van der Waals surface area contributed by atoms with E-state index < -0.39 is 5.54 Å². The molecule has 0 saturated heterocycles. The molecule has 0 aliphatic heterocycles. The molecular formula is C13H24ClN3O2S. The Morgan fingerprint density at radius 1 is 1.55 bits per heavy atom. The molecule has 0 fully saturated rings. The summed E-state index contributed by atoms with van der Waals surface area (Å²) in [5.41, 5.74) is 6.23. The van der Waals surface area contributed by atoms with Crippen molar-refractivity contribution in [2.24, 2.45) is 11.7 Å². The lowest BCUT2D eigenvalue weighted by atomic mass is 9.88. The predicted octanol–water partition coefficient (Wildman–Crippen LogP) is 1.52. The van der Waals surface area contributed by atoms with Crippen LogP contribution in [0.1, 0.15) is 32.9 Å². The summed E-state index contributed by atoms with van der Waals surface area (Å²) in [5, 5.41) is 4.77. The largest absolute Gasteiger partial charge is 0.349 e. The number of hydrogen-bond donors (Lipinski definition) is 2. The van der Waals surface area contributed by atoms with Crippen LogP contribution in [-0.2, 0) is 11.3 Å². The number of amides is 1. The Morgan fingerprint density at radius 2 is 2.15 bits per heavy atom. The van der Waals surface area contributed by atoms with Gasteiger partial charge >= 0.3 is 4.87 Å². The number of carbonyl (C=O) groups is 1. The molecule has 20 heavy (non-hydrogen) atoms. The molecule has 1 rings (SSSR count). The summed E-state index contributed by atoms with van der Waals surface area (Å²) in [6, 6.07) is 0. The van der Waals surface area contributed by atoms with Crippen LogP contribution < -0.4 is 15.9 Å². The van der Waals surface area contributed by atoms with Crippen molar-refractivity contribution in [2.45, 2.75) is 46.2 Å². The Balaban J connectivity index is 0.00000361. The zero-order valence-corrected chi connectivity index (χ0v) is 14.1. The third-order valence-corrected chi connectivity index (χ3v) is 4.54. The van der Waals surface area contributed by atoms with Crippen LogP contribution >= 0.6 is 23.7 Å². The maximum Gasteiger partial charge on any atom is 0.307 e. The van der Waals surface area contributed by atoms with E-state index in [9.17, 15) is 9.59 Å². The van der Waals surface area contributed by atoms with Crippen LogP contribution in [0.2, 0.25) is 0 Å². The smallest absolute Gasteiger partial charge is 0.307 e. The Labute approximate surface area is 130 Å². The summed E-state index contributed by atoms with van der Waals surface area (Å²) in [7, 11) is 0. The Bertz CT molecular complexity index is 498. The number of rotatable bonds is 6. The van der Waals surface area contributed by atoms with Crippen molar-refractivity contribution in [2.75, 3.05) is 6.54 Å². The number of carbonyl (C=O) groups excluding carboxylic acids is 1. The molecule has 0 bridgehead atoms. The number of nitrogens with one attached hydrogen (secondary N) is 1. The van der Waals surface area contributed by atoms with Gasteiger partial charge in [0, 0.05) is 30.6 Å². The first-order valence-corrected chi connectivity index (χ1v) is 7.34. The van der Waals surface area contributed by atoms with Crippen LogP contribution in [-0.4, -0.2) is 22.6 Å². The molecule has 1 amide bonds. The van der Waals surface area contributed by atoms with Crippen molar-refractivity contribution in [3.8, 4) is 0 Å². The van der Waals surface area contributed by atoms with Gasteiger partial charge in [-0.05, 0) is 19.8 Å². The van der Waals surface area contributed by atoms with Crippen LogP contribution in [0.4, 0.5) is 0 Å². The van der Waals surface area contributed by atoms with Crippen LogP contribution in [0.3, 0.4) is 0 Å². The highest BCUT2D eigenvalue weighted by atomic mass is 35.5. The van der Waals surface area contributed by atoms with E-state index in [1.807, 2.05) is 27.7 Å². The maximum absolute atomic E-state index is 12.0. The standard InChI is InChI=1S/C13H23N3O2S.ClH/c1-9(2)13(4,8-14)15-11(17)5-6-16-10(3)7-19-12(16)18;/h7,9H,5-6,8,14H2,1-4H3,(H,15,17);1H. The number of hydrogen-bond acceptors (Lipinski definition) is 4. The highest BCUT2D eigenvalue weighted by Gasteiger charge is 2.28. The van der Waals surface area contributed by atoms with Gasteiger partial charge in [0.05, 0.1) is 5.54 Å². The molecule has 1 unspecified atom stereocenters. The number of thiazole rings is 1. The average molecular weight is 322 g/mol. The molecular weight excluding hydrogens is 298 g/mol. The van der Waals surface area contributed by atoms with Gasteiger partial charge in [0.15, 0.2) is 0 Å². The molecule has 0 aliphatic rings. The Kier molecular flexibility index (Phi) is 7.47. The number of aryl methyl sites for hydroxylation is 1. The summed E-state index contributed by atoms with van der Waals surface area (Å²) < 4.78 is 1.62. The topological polar surface area (TPSA) is 77.1 Å². The summed E-state index contributed by atoms with van der Waals surface area (Å²) in [6.45, 7) is 8.68. The molecule has 116 valence electrons. The highest BCUT2D eigenvalue weighted by molar-refractivity contribution is 7.07. The quantitative estimate of drug-likeness (QED) is 0.834. The summed E-state index contributed by atoms with van der Waals surface area (Å²) in [6.07, 6.45) is 0.291. The maximum atomic E-state index is 12.0. The molecule has 1 heterocycles. The normalized spacial score (nSPS) is 13.7. The second kappa shape index (κ2) is 7.81. The van der Waals surface area contributed by atoms with Crippen molar-refractivity contribution >= 4 is 29.7 Å². The Hall–Kier alpha value is -0.850. The number of nitrogens with two attached hydrogens (primary N) is 1. The van der Waals surface area contributed by atoms with E-state index >= 15 is 0 Å². The molecule has 1 atom stereocenters. The molecule has 5 nitrogen and oxygen atoms in total. The number of aromatic nitrogens is 1. The minimum absolute atomic E-state index is 0. The lowest BCUT2D eigenvalue weighted by Crippen LogP contribution is -2.55. The fourth-order valence-electron chi connectivity index (χ4n) is 1.70. The van der Waals surface area contributed by atoms with Crippen molar-refractivity contribution in [3.63, 3.8) is 0 Å². The van der Waals surface area contributed by atoms with E-state index in [1.165, 1.54) is 0 Å². The van der Waals surface area contributed by atoms with Gasteiger partial charge in [0.25, 0.3) is 0 Å². The lowest BCUT2D eigenvalue weighted by molar-refractivity contribution is -0.123. The van der Waals surface area contributed by atoms with E-state index in [2.05, 4.69) is 5.32 Å². The molecule has 1 aromatic heterocycles. The third kappa shape index (κ3) is 4.61. The number of nitrogens with zero attached hydrogens (tertiary/aromatic N) is 1. The molecule has 0 spiro atoms. The van der Waals surface area contributed by atoms with Gasteiger partial charge in [0.2, 0.25) is 5.91 Å². The molecule has 0 radical (unpaired) electrons. The minimum atomic E-state index is -0.397. The highest BCUT2D eigenvalue weighted by Crippen LogP contribution is 2.15. The van der Waals surface area contributed by atoms with Gasteiger partial charge in [-0.3, -0.25) is 9.59 Å². The van der Waals surface area contributed by atoms with Crippen molar-refractivity contribution in [1.82, 2.24) is 9.88 Å². The molecule has 3 N–H and O–H groups in total. The lowest BCUT2D eigenvalue weighted by Gasteiger charge is -2.33. The zero-order chi connectivity index (χ0) is 14.6. The fraction of sp³-hybridized carbons (Fsp3) is 0.692. The second-order valence-corrected chi connectivity index (χ2v) is 6.19. The predicted molar refractivity (Wildman–Crippen MR) is 85.6 cm³/mol. The summed E-state index contributed by atoms with van der Waals surface area (Å²) in [5.74, 6) is 0.186. The van der Waals surface area contributed by atoms with Crippen molar-refractivity contribution in [1.29, 1.82) is 0 Å². The van der Waals surface area contributed by atoms with Crippen LogP contribution in [0.25, 0.3) is 0 Å². The van der Waals surface area contributed by atoms with Gasteiger partial charge in [0.1, 0.15) is 0 Å². The first kappa shape index (κ1) is 19.1. The van der Waals surface area contributed by atoms with Crippen LogP contribution in [0.5, 0.6) is 0 Å². The van der Waals surface area contributed by atoms with E-state index in [4.69, 9.17) is 5.73 Å². The SMILES string of the molecule is Cc1csc(=O)n1CCC(=O)NC(C)(CN)C(C)C.Cl.